The van der Waals surface area contributed by atoms with Gasteiger partial charge in [0.25, 0.3) is 0 Å². The van der Waals surface area contributed by atoms with Crippen LogP contribution in [0, 0.1) is 5.95 Å². The molecule has 0 aliphatic carbocycles. The van der Waals surface area contributed by atoms with Gasteiger partial charge in [0.2, 0.25) is 5.95 Å². The number of halogens is 1. The van der Waals surface area contributed by atoms with E-state index in [1.165, 1.54) is 6.20 Å². The Morgan fingerprint density at radius 3 is 1.95 bits per heavy atom. The minimum Gasteiger partial charge on any atom is -0.265 e. The van der Waals surface area contributed by atoms with E-state index in [1.807, 2.05) is 12.1 Å². The van der Waals surface area contributed by atoms with Crippen molar-refractivity contribution in [1.29, 1.82) is 0 Å². The first kappa shape index (κ1) is 11.5. The zero-order chi connectivity index (χ0) is 13.1. The monoisotopic (exact) mass is 251 g/mol. The molecule has 0 atom stereocenters. The average molecular weight is 251 g/mol. The molecule has 4 heteroatoms. The Morgan fingerprint density at radius 1 is 0.737 bits per heavy atom. The maximum Gasteiger partial charge on any atom is 0.220 e. The quantitative estimate of drug-likeness (QED) is 0.656. The molecule has 92 valence electrons. The summed E-state index contributed by atoms with van der Waals surface area (Å²) in [4.78, 5) is 11.7. The van der Waals surface area contributed by atoms with Gasteiger partial charge >= 0.3 is 0 Å². The van der Waals surface area contributed by atoms with Gasteiger partial charge in [-0.1, -0.05) is 0 Å². The molecule has 0 bridgehead atoms. The van der Waals surface area contributed by atoms with Crippen LogP contribution in [0.5, 0.6) is 0 Å². The predicted octanol–water partition coefficient (Wildman–Crippen LogP) is 3.34. The van der Waals surface area contributed by atoms with Crippen LogP contribution in [-0.2, 0) is 0 Å². The van der Waals surface area contributed by atoms with Crippen molar-refractivity contribution in [2.45, 2.75) is 0 Å². The van der Waals surface area contributed by atoms with Gasteiger partial charge in [-0.3, -0.25) is 9.97 Å². The lowest BCUT2D eigenvalue weighted by molar-refractivity contribution is 0.588. The van der Waals surface area contributed by atoms with E-state index in [0.717, 1.165) is 16.7 Å². The second kappa shape index (κ2) is 4.94. The molecular formula is C15H10FN3. The molecule has 0 amide bonds. The fourth-order valence-corrected chi connectivity index (χ4v) is 1.88. The van der Waals surface area contributed by atoms with E-state index >= 15 is 0 Å². The Labute approximate surface area is 109 Å². The summed E-state index contributed by atoms with van der Waals surface area (Å²) in [6.07, 6.45) is 8.19. The summed E-state index contributed by atoms with van der Waals surface area (Å²) in [6, 6.07) is 9.04. The third kappa shape index (κ3) is 2.33. The van der Waals surface area contributed by atoms with E-state index < -0.39 is 5.95 Å². The Kier molecular flexibility index (Phi) is 2.98. The molecule has 0 N–H and O–H groups in total. The lowest BCUT2D eigenvalue weighted by Gasteiger charge is -2.06. The van der Waals surface area contributed by atoms with Crippen LogP contribution >= 0.6 is 0 Å². The first-order chi connectivity index (χ1) is 9.34. The van der Waals surface area contributed by atoms with Gasteiger partial charge in [0.05, 0.1) is 0 Å². The highest BCUT2D eigenvalue weighted by Gasteiger charge is 2.08. The Balaban J connectivity index is 2.12. The molecule has 3 aromatic heterocycles. The smallest absolute Gasteiger partial charge is 0.220 e. The Hall–Kier alpha value is -2.62. The van der Waals surface area contributed by atoms with E-state index in [4.69, 9.17) is 0 Å². The van der Waals surface area contributed by atoms with Crippen molar-refractivity contribution >= 4 is 0 Å². The van der Waals surface area contributed by atoms with Crippen molar-refractivity contribution in [2.75, 3.05) is 0 Å². The highest BCUT2D eigenvalue weighted by Crippen LogP contribution is 2.26. The summed E-state index contributed by atoms with van der Waals surface area (Å²) in [6.45, 7) is 0. The van der Waals surface area contributed by atoms with Crippen LogP contribution < -0.4 is 0 Å². The topological polar surface area (TPSA) is 38.7 Å². The van der Waals surface area contributed by atoms with Gasteiger partial charge in [-0.2, -0.15) is 4.39 Å². The number of pyridine rings is 3. The molecule has 3 aromatic rings. The zero-order valence-corrected chi connectivity index (χ0v) is 9.99. The van der Waals surface area contributed by atoms with Crippen molar-refractivity contribution in [3.05, 3.63) is 67.3 Å². The molecule has 0 spiro atoms. The maximum atomic E-state index is 13.8. The number of rotatable bonds is 2. The SMILES string of the molecule is Fc1ncc(-c2ccncc2)cc1-c1ccncc1. The van der Waals surface area contributed by atoms with Crippen LogP contribution in [0.25, 0.3) is 22.3 Å². The summed E-state index contributed by atoms with van der Waals surface area (Å²) in [5.41, 5.74) is 3.04. The van der Waals surface area contributed by atoms with E-state index in [-0.39, 0.29) is 0 Å². The highest BCUT2D eigenvalue weighted by molar-refractivity contribution is 5.71. The lowest BCUT2D eigenvalue weighted by atomic mass is 10.0. The molecule has 0 aliphatic heterocycles. The van der Waals surface area contributed by atoms with E-state index in [9.17, 15) is 4.39 Å². The Bertz CT molecular complexity index is 684. The largest absolute Gasteiger partial charge is 0.265 e. The van der Waals surface area contributed by atoms with Gasteiger partial charge in [-0.25, -0.2) is 4.98 Å². The molecule has 3 nitrogen and oxygen atoms in total. The number of hydrogen-bond acceptors (Lipinski definition) is 3. The second-order valence-electron chi connectivity index (χ2n) is 4.03. The van der Waals surface area contributed by atoms with E-state index in [1.54, 1.807) is 43.0 Å². The van der Waals surface area contributed by atoms with Crippen LogP contribution in [0.2, 0.25) is 0 Å². The summed E-state index contributed by atoms with van der Waals surface area (Å²) >= 11 is 0. The summed E-state index contributed by atoms with van der Waals surface area (Å²) < 4.78 is 13.8. The van der Waals surface area contributed by atoms with Gasteiger partial charge in [0.15, 0.2) is 0 Å². The van der Waals surface area contributed by atoms with Crippen molar-refractivity contribution in [3.8, 4) is 22.3 Å². The highest BCUT2D eigenvalue weighted by atomic mass is 19.1. The van der Waals surface area contributed by atoms with Gasteiger partial charge in [-0.15, -0.1) is 0 Å². The third-order valence-electron chi connectivity index (χ3n) is 2.84. The lowest BCUT2D eigenvalue weighted by Crippen LogP contribution is -1.91. The standard InChI is InChI=1S/C15H10FN3/c16-15-14(12-3-7-18-8-4-12)9-13(10-19-15)11-1-5-17-6-2-11/h1-10H. The van der Waals surface area contributed by atoms with Gasteiger partial charge in [0, 0.05) is 42.1 Å². The summed E-state index contributed by atoms with van der Waals surface area (Å²) in [7, 11) is 0. The number of nitrogens with zero attached hydrogens (tertiary/aromatic N) is 3. The van der Waals surface area contributed by atoms with E-state index in [2.05, 4.69) is 15.0 Å². The van der Waals surface area contributed by atoms with Crippen molar-refractivity contribution in [1.82, 2.24) is 15.0 Å². The molecule has 0 saturated heterocycles. The first-order valence-electron chi connectivity index (χ1n) is 5.81. The molecular weight excluding hydrogens is 241 g/mol. The van der Waals surface area contributed by atoms with E-state index in [0.29, 0.717) is 5.56 Å². The van der Waals surface area contributed by atoms with Crippen LogP contribution in [0.3, 0.4) is 0 Å². The van der Waals surface area contributed by atoms with Crippen LogP contribution in [0.4, 0.5) is 4.39 Å². The maximum absolute atomic E-state index is 13.8. The van der Waals surface area contributed by atoms with Crippen LogP contribution in [0.15, 0.2) is 61.3 Å². The molecule has 0 radical (unpaired) electrons. The fraction of sp³-hybridized carbons (Fsp3) is 0. The molecule has 0 aromatic carbocycles. The van der Waals surface area contributed by atoms with Gasteiger partial charge in [-0.05, 0) is 41.5 Å². The normalized spacial score (nSPS) is 10.4. The third-order valence-corrected chi connectivity index (χ3v) is 2.84. The second-order valence-corrected chi connectivity index (χ2v) is 4.03. The molecule has 19 heavy (non-hydrogen) atoms. The Morgan fingerprint density at radius 2 is 1.32 bits per heavy atom. The molecule has 0 unspecified atom stereocenters. The first-order valence-corrected chi connectivity index (χ1v) is 5.81. The van der Waals surface area contributed by atoms with Crippen molar-refractivity contribution in [2.24, 2.45) is 0 Å². The molecule has 3 rings (SSSR count). The van der Waals surface area contributed by atoms with Gasteiger partial charge < -0.3 is 0 Å². The zero-order valence-electron chi connectivity index (χ0n) is 9.99. The molecule has 3 heterocycles. The van der Waals surface area contributed by atoms with Crippen molar-refractivity contribution in [3.63, 3.8) is 0 Å². The molecule has 0 saturated carbocycles. The number of aromatic nitrogens is 3. The summed E-state index contributed by atoms with van der Waals surface area (Å²) in [5.74, 6) is -0.482. The van der Waals surface area contributed by atoms with Crippen LogP contribution in [-0.4, -0.2) is 15.0 Å². The summed E-state index contributed by atoms with van der Waals surface area (Å²) in [5, 5.41) is 0. The minimum atomic E-state index is -0.482. The minimum absolute atomic E-state index is 0.469. The molecule has 0 aliphatic rings. The molecule has 0 fully saturated rings. The van der Waals surface area contributed by atoms with Crippen LogP contribution in [0.1, 0.15) is 0 Å². The predicted molar refractivity (Wildman–Crippen MR) is 70.7 cm³/mol. The van der Waals surface area contributed by atoms with Gasteiger partial charge in [0.1, 0.15) is 0 Å². The number of hydrogen-bond donors (Lipinski definition) is 0. The average Bonchev–Trinajstić information content (AvgIpc) is 2.49. The van der Waals surface area contributed by atoms with Crippen molar-refractivity contribution < 1.29 is 4.39 Å². The fourth-order valence-electron chi connectivity index (χ4n) is 1.88.